The Bertz CT molecular complexity index is 383. The summed E-state index contributed by atoms with van der Waals surface area (Å²) >= 11 is 0. The van der Waals surface area contributed by atoms with E-state index >= 15 is 0 Å². The van der Waals surface area contributed by atoms with E-state index < -0.39 is 12.2 Å². The number of carbonyl (C=O) groups excluding carboxylic acids is 2. The van der Waals surface area contributed by atoms with Gasteiger partial charge in [0.05, 0.1) is 0 Å². The Morgan fingerprint density at radius 3 is 1.88 bits per heavy atom. The van der Waals surface area contributed by atoms with Gasteiger partial charge in [-0.05, 0) is 18.6 Å². The summed E-state index contributed by atoms with van der Waals surface area (Å²) in [6, 6.07) is 4.67. The standard InChI is InChI=1S/C10H12N2O4/c1-2-6-7(15-9(11)13)4-3-5-8(6)16-10(12)14/h3-5H,2H2,1H3,(H2,11,13)(H2,12,14). The van der Waals surface area contributed by atoms with Crippen LogP contribution in [0.5, 0.6) is 11.5 Å². The molecule has 16 heavy (non-hydrogen) atoms. The number of primary amides is 2. The molecule has 0 spiro atoms. The van der Waals surface area contributed by atoms with Crippen molar-refractivity contribution >= 4 is 12.2 Å². The molecule has 0 atom stereocenters. The zero-order valence-electron chi connectivity index (χ0n) is 8.73. The number of benzene rings is 1. The van der Waals surface area contributed by atoms with Crippen molar-refractivity contribution in [2.75, 3.05) is 0 Å². The maximum absolute atomic E-state index is 10.6. The van der Waals surface area contributed by atoms with Crippen molar-refractivity contribution in [3.63, 3.8) is 0 Å². The van der Waals surface area contributed by atoms with E-state index in [4.69, 9.17) is 20.9 Å². The Balaban J connectivity index is 3.09. The molecule has 0 fully saturated rings. The zero-order chi connectivity index (χ0) is 12.1. The van der Waals surface area contributed by atoms with E-state index in [0.717, 1.165) is 0 Å². The Kier molecular flexibility index (Phi) is 3.71. The lowest BCUT2D eigenvalue weighted by molar-refractivity contribution is 0.208. The van der Waals surface area contributed by atoms with Crippen LogP contribution in [0, 0.1) is 0 Å². The summed E-state index contributed by atoms with van der Waals surface area (Å²) in [6.45, 7) is 1.82. The molecule has 0 aliphatic carbocycles. The van der Waals surface area contributed by atoms with Crippen molar-refractivity contribution in [1.29, 1.82) is 0 Å². The molecule has 0 aliphatic heterocycles. The highest BCUT2D eigenvalue weighted by molar-refractivity contribution is 5.71. The van der Waals surface area contributed by atoms with Gasteiger partial charge in [-0.15, -0.1) is 0 Å². The number of carbonyl (C=O) groups is 2. The van der Waals surface area contributed by atoms with Gasteiger partial charge in [-0.2, -0.15) is 0 Å². The predicted octanol–water partition coefficient (Wildman–Crippen LogP) is 1.16. The van der Waals surface area contributed by atoms with Crippen molar-refractivity contribution in [2.45, 2.75) is 13.3 Å². The summed E-state index contributed by atoms with van der Waals surface area (Å²) in [5, 5.41) is 0. The van der Waals surface area contributed by atoms with Crippen LogP contribution in [0.2, 0.25) is 0 Å². The lowest BCUT2D eigenvalue weighted by atomic mass is 10.1. The minimum absolute atomic E-state index is 0.258. The van der Waals surface area contributed by atoms with Gasteiger partial charge in [0.1, 0.15) is 11.5 Å². The first-order chi connectivity index (χ1) is 7.54. The van der Waals surface area contributed by atoms with Gasteiger partial charge < -0.3 is 20.9 Å². The SMILES string of the molecule is CCc1c(OC(N)=O)cccc1OC(N)=O. The van der Waals surface area contributed by atoms with Crippen molar-refractivity contribution in [2.24, 2.45) is 11.5 Å². The average Bonchev–Trinajstić information content (AvgIpc) is 2.16. The van der Waals surface area contributed by atoms with Crippen molar-refractivity contribution in [3.8, 4) is 11.5 Å². The minimum Gasteiger partial charge on any atom is -0.410 e. The number of amides is 2. The fraction of sp³-hybridized carbons (Fsp3) is 0.200. The molecule has 6 nitrogen and oxygen atoms in total. The summed E-state index contributed by atoms with van der Waals surface area (Å²) in [4.78, 5) is 21.3. The van der Waals surface area contributed by atoms with Gasteiger partial charge >= 0.3 is 12.2 Å². The molecule has 0 bridgehead atoms. The van der Waals surface area contributed by atoms with Crippen LogP contribution in [0.3, 0.4) is 0 Å². The third-order valence-electron chi connectivity index (χ3n) is 1.86. The van der Waals surface area contributed by atoms with Crippen molar-refractivity contribution < 1.29 is 19.1 Å². The van der Waals surface area contributed by atoms with Crippen LogP contribution in [-0.2, 0) is 6.42 Å². The average molecular weight is 224 g/mol. The van der Waals surface area contributed by atoms with Gasteiger partial charge in [0.15, 0.2) is 0 Å². The van der Waals surface area contributed by atoms with Crippen LogP contribution < -0.4 is 20.9 Å². The molecule has 0 heterocycles. The molecular weight excluding hydrogens is 212 g/mol. The second-order valence-electron chi connectivity index (χ2n) is 2.93. The minimum atomic E-state index is -0.925. The molecule has 0 aliphatic rings. The van der Waals surface area contributed by atoms with Crippen molar-refractivity contribution in [1.82, 2.24) is 0 Å². The third-order valence-corrected chi connectivity index (χ3v) is 1.86. The van der Waals surface area contributed by atoms with E-state index in [1.165, 1.54) is 0 Å². The van der Waals surface area contributed by atoms with Crippen LogP contribution in [0.25, 0.3) is 0 Å². The normalized spacial score (nSPS) is 9.56. The smallest absolute Gasteiger partial charge is 0.409 e. The fourth-order valence-electron chi connectivity index (χ4n) is 1.30. The molecule has 2 amide bonds. The monoisotopic (exact) mass is 224 g/mol. The molecule has 0 saturated heterocycles. The van der Waals surface area contributed by atoms with E-state index in [1.54, 1.807) is 18.2 Å². The molecule has 0 radical (unpaired) electrons. The highest BCUT2D eigenvalue weighted by atomic mass is 16.6. The number of hydrogen-bond acceptors (Lipinski definition) is 4. The fourth-order valence-corrected chi connectivity index (χ4v) is 1.30. The van der Waals surface area contributed by atoms with Crippen LogP contribution in [0.1, 0.15) is 12.5 Å². The van der Waals surface area contributed by atoms with E-state index in [9.17, 15) is 9.59 Å². The molecule has 1 aromatic carbocycles. The number of ether oxygens (including phenoxy) is 2. The Morgan fingerprint density at radius 2 is 1.56 bits per heavy atom. The lowest BCUT2D eigenvalue weighted by Crippen LogP contribution is -2.19. The van der Waals surface area contributed by atoms with E-state index in [1.807, 2.05) is 6.92 Å². The number of nitrogens with two attached hydrogens (primary N) is 2. The van der Waals surface area contributed by atoms with Gasteiger partial charge in [0.25, 0.3) is 0 Å². The summed E-state index contributed by atoms with van der Waals surface area (Å²) < 4.78 is 9.53. The highest BCUT2D eigenvalue weighted by Gasteiger charge is 2.12. The highest BCUT2D eigenvalue weighted by Crippen LogP contribution is 2.29. The van der Waals surface area contributed by atoms with E-state index in [2.05, 4.69) is 0 Å². The Morgan fingerprint density at radius 1 is 1.12 bits per heavy atom. The molecule has 0 unspecified atom stereocenters. The molecular formula is C10H12N2O4. The number of rotatable bonds is 3. The molecule has 6 heteroatoms. The zero-order valence-corrected chi connectivity index (χ0v) is 8.73. The molecule has 86 valence electrons. The molecule has 1 aromatic rings. The van der Waals surface area contributed by atoms with Gasteiger partial charge in [0, 0.05) is 5.56 Å². The maximum Gasteiger partial charge on any atom is 0.409 e. The van der Waals surface area contributed by atoms with Gasteiger partial charge in [-0.25, -0.2) is 9.59 Å². The lowest BCUT2D eigenvalue weighted by Gasteiger charge is -2.11. The Labute approximate surface area is 92.1 Å². The summed E-state index contributed by atoms with van der Waals surface area (Å²) in [5.41, 5.74) is 10.4. The van der Waals surface area contributed by atoms with Gasteiger partial charge in [-0.1, -0.05) is 13.0 Å². The summed E-state index contributed by atoms with van der Waals surface area (Å²) in [6.07, 6.45) is -1.34. The van der Waals surface area contributed by atoms with E-state index in [-0.39, 0.29) is 11.5 Å². The molecule has 4 N–H and O–H groups in total. The van der Waals surface area contributed by atoms with Gasteiger partial charge in [-0.3, -0.25) is 0 Å². The van der Waals surface area contributed by atoms with Crippen LogP contribution in [-0.4, -0.2) is 12.2 Å². The van der Waals surface area contributed by atoms with Gasteiger partial charge in [0.2, 0.25) is 0 Å². The Hall–Kier alpha value is -2.24. The van der Waals surface area contributed by atoms with E-state index in [0.29, 0.717) is 12.0 Å². The number of hydrogen-bond donors (Lipinski definition) is 2. The largest absolute Gasteiger partial charge is 0.410 e. The first kappa shape index (κ1) is 11.8. The topological polar surface area (TPSA) is 105 Å². The molecule has 1 rings (SSSR count). The second kappa shape index (κ2) is 5.01. The molecule has 0 saturated carbocycles. The van der Waals surface area contributed by atoms with Crippen molar-refractivity contribution in [3.05, 3.63) is 23.8 Å². The summed E-state index contributed by atoms with van der Waals surface area (Å²) in [7, 11) is 0. The van der Waals surface area contributed by atoms with Crippen LogP contribution in [0.4, 0.5) is 9.59 Å². The second-order valence-corrected chi connectivity index (χ2v) is 2.93. The predicted molar refractivity (Wildman–Crippen MR) is 56.2 cm³/mol. The first-order valence-electron chi connectivity index (χ1n) is 4.61. The molecule has 0 aromatic heterocycles. The quantitative estimate of drug-likeness (QED) is 0.803. The van der Waals surface area contributed by atoms with Crippen LogP contribution in [0.15, 0.2) is 18.2 Å². The third kappa shape index (κ3) is 2.88. The summed E-state index contributed by atoms with van der Waals surface area (Å²) in [5.74, 6) is 0.516. The van der Waals surface area contributed by atoms with Crippen LogP contribution >= 0.6 is 0 Å². The maximum atomic E-state index is 10.6. The first-order valence-corrected chi connectivity index (χ1v) is 4.61.